The lowest BCUT2D eigenvalue weighted by Gasteiger charge is -2.10. The van der Waals surface area contributed by atoms with Crippen LogP contribution in [0.2, 0.25) is 0 Å². The standard InChI is InChI=1S/C11H12N2O/c12-6-8-2-1-3-9(7-13)11(8)14-10-4-5-10/h1-3,10H,4-6,12H2. The van der Waals surface area contributed by atoms with Gasteiger partial charge in [0.25, 0.3) is 0 Å². The minimum absolute atomic E-state index is 0.301. The number of rotatable bonds is 3. The van der Waals surface area contributed by atoms with Gasteiger partial charge in [0.1, 0.15) is 11.8 Å². The average Bonchev–Trinajstić information content (AvgIpc) is 3.02. The lowest BCUT2D eigenvalue weighted by atomic mass is 10.1. The Labute approximate surface area is 83.1 Å². The van der Waals surface area contributed by atoms with Gasteiger partial charge in [-0.15, -0.1) is 0 Å². The first-order valence-electron chi connectivity index (χ1n) is 4.74. The summed E-state index contributed by atoms with van der Waals surface area (Å²) in [6, 6.07) is 7.62. The van der Waals surface area contributed by atoms with E-state index < -0.39 is 0 Å². The van der Waals surface area contributed by atoms with E-state index in [9.17, 15) is 0 Å². The lowest BCUT2D eigenvalue weighted by molar-refractivity contribution is 0.299. The molecule has 3 nitrogen and oxygen atoms in total. The van der Waals surface area contributed by atoms with Crippen molar-refractivity contribution in [3.8, 4) is 11.8 Å². The number of hydrogen-bond acceptors (Lipinski definition) is 3. The van der Waals surface area contributed by atoms with Crippen molar-refractivity contribution in [2.24, 2.45) is 5.73 Å². The van der Waals surface area contributed by atoms with Crippen LogP contribution in [0.25, 0.3) is 0 Å². The van der Waals surface area contributed by atoms with Crippen LogP contribution < -0.4 is 10.5 Å². The summed E-state index contributed by atoms with van der Waals surface area (Å²) in [6.07, 6.45) is 2.47. The second kappa shape index (κ2) is 3.69. The first-order valence-corrected chi connectivity index (χ1v) is 4.74. The Morgan fingerprint density at radius 1 is 1.50 bits per heavy atom. The Hall–Kier alpha value is -1.53. The summed E-state index contributed by atoms with van der Waals surface area (Å²) < 4.78 is 5.67. The molecule has 14 heavy (non-hydrogen) atoms. The quantitative estimate of drug-likeness (QED) is 0.783. The van der Waals surface area contributed by atoms with E-state index in [0.29, 0.717) is 24.0 Å². The van der Waals surface area contributed by atoms with Crippen LogP contribution in [0.5, 0.6) is 5.75 Å². The zero-order valence-corrected chi connectivity index (χ0v) is 7.86. The number of nitrogens with two attached hydrogens (primary N) is 1. The van der Waals surface area contributed by atoms with Crippen molar-refractivity contribution in [2.75, 3.05) is 0 Å². The summed E-state index contributed by atoms with van der Waals surface area (Å²) in [5, 5.41) is 8.90. The largest absolute Gasteiger partial charge is 0.489 e. The normalized spacial score (nSPS) is 14.9. The van der Waals surface area contributed by atoms with Gasteiger partial charge in [-0.25, -0.2) is 0 Å². The van der Waals surface area contributed by atoms with E-state index in [4.69, 9.17) is 15.7 Å². The van der Waals surface area contributed by atoms with Crippen molar-refractivity contribution in [2.45, 2.75) is 25.5 Å². The maximum Gasteiger partial charge on any atom is 0.141 e. The van der Waals surface area contributed by atoms with Crippen LogP contribution in [0.4, 0.5) is 0 Å². The van der Waals surface area contributed by atoms with Crippen molar-refractivity contribution in [1.29, 1.82) is 5.26 Å². The fraction of sp³-hybridized carbons (Fsp3) is 0.364. The molecule has 0 amide bonds. The summed E-state index contributed by atoms with van der Waals surface area (Å²) in [5.74, 6) is 0.681. The van der Waals surface area contributed by atoms with E-state index in [2.05, 4.69) is 6.07 Å². The molecule has 0 aromatic heterocycles. The Bertz CT molecular complexity index is 377. The van der Waals surface area contributed by atoms with Crippen LogP contribution in [0, 0.1) is 11.3 Å². The molecule has 0 unspecified atom stereocenters. The highest BCUT2D eigenvalue weighted by Gasteiger charge is 2.25. The molecule has 1 fully saturated rings. The van der Waals surface area contributed by atoms with Crippen molar-refractivity contribution in [1.82, 2.24) is 0 Å². The van der Waals surface area contributed by atoms with Gasteiger partial charge in [-0.1, -0.05) is 12.1 Å². The minimum Gasteiger partial charge on any atom is -0.489 e. The zero-order chi connectivity index (χ0) is 9.97. The number of benzene rings is 1. The Kier molecular flexibility index (Phi) is 2.38. The maximum absolute atomic E-state index is 8.90. The molecule has 3 heteroatoms. The number of ether oxygens (including phenoxy) is 1. The van der Waals surface area contributed by atoms with Crippen molar-refractivity contribution < 1.29 is 4.74 Å². The van der Waals surface area contributed by atoms with Gasteiger partial charge in [-0.2, -0.15) is 5.26 Å². The van der Waals surface area contributed by atoms with E-state index in [1.807, 2.05) is 12.1 Å². The molecule has 0 atom stereocenters. The van der Waals surface area contributed by atoms with Crippen LogP contribution in [0.15, 0.2) is 18.2 Å². The molecule has 72 valence electrons. The third kappa shape index (κ3) is 1.70. The fourth-order valence-electron chi connectivity index (χ4n) is 1.33. The molecule has 1 aromatic carbocycles. The van der Waals surface area contributed by atoms with Crippen molar-refractivity contribution in [3.63, 3.8) is 0 Å². The molecule has 0 aliphatic heterocycles. The fourth-order valence-corrected chi connectivity index (χ4v) is 1.33. The predicted molar refractivity (Wildman–Crippen MR) is 52.7 cm³/mol. The number of nitrogens with zero attached hydrogens (tertiary/aromatic N) is 1. The number of hydrogen-bond donors (Lipinski definition) is 1. The molecule has 0 bridgehead atoms. The number of nitriles is 1. The van der Waals surface area contributed by atoms with Crippen LogP contribution in [0.3, 0.4) is 0 Å². The highest BCUT2D eigenvalue weighted by Crippen LogP contribution is 2.31. The highest BCUT2D eigenvalue weighted by molar-refractivity contribution is 5.48. The molecule has 1 saturated carbocycles. The topological polar surface area (TPSA) is 59.0 Å². The van der Waals surface area contributed by atoms with Crippen molar-refractivity contribution in [3.05, 3.63) is 29.3 Å². The zero-order valence-electron chi connectivity index (χ0n) is 7.86. The Balaban J connectivity index is 2.35. The SMILES string of the molecule is N#Cc1cccc(CN)c1OC1CC1. The summed E-state index contributed by atoms with van der Waals surface area (Å²) in [5.41, 5.74) is 7.08. The van der Waals surface area contributed by atoms with E-state index in [0.717, 1.165) is 18.4 Å². The molecule has 2 rings (SSSR count). The Morgan fingerprint density at radius 3 is 2.86 bits per heavy atom. The van der Waals surface area contributed by atoms with Gasteiger partial charge in [0, 0.05) is 12.1 Å². The van der Waals surface area contributed by atoms with Gasteiger partial charge in [-0.3, -0.25) is 0 Å². The van der Waals surface area contributed by atoms with E-state index in [1.54, 1.807) is 6.07 Å². The summed E-state index contributed by atoms with van der Waals surface area (Å²) >= 11 is 0. The van der Waals surface area contributed by atoms with Crippen LogP contribution in [-0.4, -0.2) is 6.10 Å². The molecular weight excluding hydrogens is 176 g/mol. The molecule has 0 spiro atoms. The summed E-state index contributed by atoms with van der Waals surface area (Å²) in [7, 11) is 0. The molecule has 2 N–H and O–H groups in total. The molecule has 0 radical (unpaired) electrons. The van der Waals surface area contributed by atoms with E-state index >= 15 is 0 Å². The number of para-hydroxylation sites is 1. The smallest absolute Gasteiger partial charge is 0.141 e. The van der Waals surface area contributed by atoms with Crippen LogP contribution >= 0.6 is 0 Å². The molecule has 1 aliphatic carbocycles. The highest BCUT2D eigenvalue weighted by atomic mass is 16.5. The average molecular weight is 188 g/mol. The van der Waals surface area contributed by atoms with Crippen LogP contribution in [0.1, 0.15) is 24.0 Å². The first-order chi connectivity index (χ1) is 6.85. The van der Waals surface area contributed by atoms with Gasteiger partial charge < -0.3 is 10.5 Å². The molecule has 1 aromatic rings. The molecule has 0 heterocycles. The predicted octanol–water partition coefficient (Wildman–Crippen LogP) is 1.56. The minimum atomic E-state index is 0.301. The summed E-state index contributed by atoms with van der Waals surface area (Å²) in [4.78, 5) is 0. The molecule has 0 saturated heterocycles. The second-order valence-electron chi connectivity index (χ2n) is 3.43. The lowest BCUT2D eigenvalue weighted by Crippen LogP contribution is -2.05. The van der Waals surface area contributed by atoms with Gasteiger partial charge >= 0.3 is 0 Å². The monoisotopic (exact) mass is 188 g/mol. The first kappa shape index (κ1) is 9.04. The maximum atomic E-state index is 8.90. The second-order valence-corrected chi connectivity index (χ2v) is 3.43. The Morgan fingerprint density at radius 2 is 2.29 bits per heavy atom. The molecule has 1 aliphatic rings. The van der Waals surface area contributed by atoms with E-state index in [1.165, 1.54) is 0 Å². The third-order valence-electron chi connectivity index (χ3n) is 2.25. The summed E-state index contributed by atoms with van der Waals surface area (Å²) in [6.45, 7) is 0.414. The van der Waals surface area contributed by atoms with Gasteiger partial charge in [0.2, 0.25) is 0 Å². The van der Waals surface area contributed by atoms with Crippen LogP contribution in [-0.2, 0) is 6.54 Å². The molecular formula is C11H12N2O. The van der Waals surface area contributed by atoms with Gasteiger partial charge in [-0.05, 0) is 18.9 Å². The van der Waals surface area contributed by atoms with Crippen molar-refractivity contribution >= 4 is 0 Å². The van der Waals surface area contributed by atoms with Gasteiger partial charge in [0.05, 0.1) is 11.7 Å². The van der Waals surface area contributed by atoms with E-state index in [-0.39, 0.29) is 0 Å². The van der Waals surface area contributed by atoms with Gasteiger partial charge in [0.15, 0.2) is 0 Å². The third-order valence-corrected chi connectivity index (χ3v) is 2.25.